The Bertz CT molecular complexity index is 446. The third kappa shape index (κ3) is 3.75. The lowest BCUT2D eigenvalue weighted by Crippen LogP contribution is -2.31. The van der Waals surface area contributed by atoms with E-state index in [0.29, 0.717) is 11.1 Å². The Balaban J connectivity index is 2.80. The van der Waals surface area contributed by atoms with Crippen molar-refractivity contribution in [3.63, 3.8) is 0 Å². The SMILES string of the molecule is CCOC(=O)C(F)[C@@H](N)c1ccc(C(=O)OC)cc1. The molecule has 2 atom stereocenters. The van der Waals surface area contributed by atoms with Gasteiger partial charge in [-0.2, -0.15) is 0 Å². The van der Waals surface area contributed by atoms with E-state index in [1.165, 1.54) is 31.4 Å². The van der Waals surface area contributed by atoms with Crippen molar-refractivity contribution in [2.45, 2.75) is 19.1 Å². The number of halogens is 1. The molecule has 19 heavy (non-hydrogen) atoms. The molecule has 0 aliphatic rings. The molecule has 1 aromatic rings. The molecule has 0 amide bonds. The van der Waals surface area contributed by atoms with Crippen LogP contribution in [0.4, 0.5) is 4.39 Å². The fraction of sp³-hybridized carbons (Fsp3) is 0.385. The zero-order valence-corrected chi connectivity index (χ0v) is 10.8. The van der Waals surface area contributed by atoms with Crippen LogP contribution in [0.1, 0.15) is 28.9 Å². The Kier molecular flexibility index (Phi) is 5.44. The molecule has 0 bridgehead atoms. The Morgan fingerprint density at radius 1 is 1.32 bits per heavy atom. The average molecular weight is 269 g/mol. The van der Waals surface area contributed by atoms with Gasteiger partial charge in [-0.15, -0.1) is 0 Å². The topological polar surface area (TPSA) is 78.6 Å². The smallest absolute Gasteiger partial charge is 0.342 e. The predicted molar refractivity (Wildman–Crippen MR) is 66.2 cm³/mol. The van der Waals surface area contributed by atoms with E-state index in [9.17, 15) is 14.0 Å². The quantitative estimate of drug-likeness (QED) is 0.817. The molecule has 0 aliphatic carbocycles. The Labute approximate surface area is 110 Å². The minimum atomic E-state index is -1.94. The zero-order valence-electron chi connectivity index (χ0n) is 10.8. The monoisotopic (exact) mass is 269 g/mol. The number of nitrogens with two attached hydrogens (primary N) is 1. The first-order valence-corrected chi connectivity index (χ1v) is 5.75. The van der Waals surface area contributed by atoms with Gasteiger partial charge in [0.25, 0.3) is 0 Å². The van der Waals surface area contributed by atoms with Crippen LogP contribution in [0.5, 0.6) is 0 Å². The number of rotatable bonds is 5. The molecule has 0 aliphatic heterocycles. The highest BCUT2D eigenvalue weighted by Gasteiger charge is 2.27. The summed E-state index contributed by atoms with van der Waals surface area (Å²) in [5, 5.41) is 0. The summed E-state index contributed by atoms with van der Waals surface area (Å²) in [6.07, 6.45) is -1.94. The molecule has 0 radical (unpaired) electrons. The van der Waals surface area contributed by atoms with Crippen molar-refractivity contribution in [1.82, 2.24) is 0 Å². The van der Waals surface area contributed by atoms with Crippen molar-refractivity contribution < 1.29 is 23.5 Å². The van der Waals surface area contributed by atoms with Crippen molar-refractivity contribution in [3.05, 3.63) is 35.4 Å². The van der Waals surface area contributed by atoms with Gasteiger partial charge in [0.05, 0.1) is 25.3 Å². The number of hydrogen-bond acceptors (Lipinski definition) is 5. The van der Waals surface area contributed by atoms with Crippen LogP contribution in [0, 0.1) is 0 Å². The van der Waals surface area contributed by atoms with Crippen molar-refractivity contribution in [2.24, 2.45) is 5.73 Å². The summed E-state index contributed by atoms with van der Waals surface area (Å²) in [7, 11) is 1.26. The molecule has 104 valence electrons. The van der Waals surface area contributed by atoms with Gasteiger partial charge in [-0.05, 0) is 24.6 Å². The molecular formula is C13H16FNO4. The van der Waals surface area contributed by atoms with Gasteiger partial charge in [0.1, 0.15) is 0 Å². The van der Waals surface area contributed by atoms with Crippen LogP contribution in [0.25, 0.3) is 0 Å². The number of alkyl halides is 1. The van der Waals surface area contributed by atoms with E-state index < -0.39 is 24.2 Å². The van der Waals surface area contributed by atoms with Gasteiger partial charge in [0, 0.05) is 0 Å². The van der Waals surface area contributed by atoms with Crippen LogP contribution in [-0.4, -0.2) is 31.8 Å². The van der Waals surface area contributed by atoms with E-state index in [-0.39, 0.29) is 6.61 Å². The second kappa shape index (κ2) is 6.84. The van der Waals surface area contributed by atoms with E-state index in [1.807, 2.05) is 0 Å². The second-order valence-corrected chi connectivity index (χ2v) is 3.79. The lowest BCUT2D eigenvalue weighted by atomic mass is 10.0. The van der Waals surface area contributed by atoms with E-state index in [2.05, 4.69) is 9.47 Å². The van der Waals surface area contributed by atoms with Crippen LogP contribution in [-0.2, 0) is 14.3 Å². The Morgan fingerprint density at radius 2 is 1.89 bits per heavy atom. The number of hydrogen-bond donors (Lipinski definition) is 1. The van der Waals surface area contributed by atoms with Crippen LogP contribution in [0.2, 0.25) is 0 Å². The van der Waals surface area contributed by atoms with Gasteiger partial charge in [0.15, 0.2) is 0 Å². The van der Waals surface area contributed by atoms with Crippen molar-refractivity contribution in [1.29, 1.82) is 0 Å². The summed E-state index contributed by atoms with van der Waals surface area (Å²) < 4.78 is 22.8. The lowest BCUT2D eigenvalue weighted by molar-refractivity contribution is -0.149. The highest BCUT2D eigenvalue weighted by Crippen LogP contribution is 2.19. The maximum absolute atomic E-state index is 13.7. The molecule has 5 nitrogen and oxygen atoms in total. The lowest BCUT2D eigenvalue weighted by Gasteiger charge is -2.16. The molecule has 0 saturated heterocycles. The van der Waals surface area contributed by atoms with Crippen molar-refractivity contribution >= 4 is 11.9 Å². The van der Waals surface area contributed by atoms with E-state index in [4.69, 9.17) is 5.73 Å². The van der Waals surface area contributed by atoms with Crippen LogP contribution < -0.4 is 5.73 Å². The number of esters is 2. The number of carbonyl (C=O) groups is 2. The predicted octanol–water partition coefficient (Wildman–Crippen LogP) is 1.37. The Hall–Kier alpha value is -1.95. The standard InChI is InChI=1S/C13H16FNO4/c1-3-19-13(17)10(14)11(15)8-4-6-9(7-5-8)12(16)18-2/h4-7,10-11H,3,15H2,1-2H3/t10?,11-/m0/s1. The molecule has 6 heteroatoms. The molecule has 0 heterocycles. The third-order valence-corrected chi connectivity index (χ3v) is 2.54. The number of carbonyl (C=O) groups excluding carboxylic acids is 2. The van der Waals surface area contributed by atoms with Gasteiger partial charge in [0.2, 0.25) is 6.17 Å². The minimum Gasteiger partial charge on any atom is -0.465 e. The van der Waals surface area contributed by atoms with E-state index >= 15 is 0 Å². The average Bonchev–Trinajstić information content (AvgIpc) is 2.45. The summed E-state index contributed by atoms with van der Waals surface area (Å²) in [4.78, 5) is 22.4. The second-order valence-electron chi connectivity index (χ2n) is 3.79. The summed E-state index contributed by atoms with van der Waals surface area (Å²) in [6, 6.07) is 4.73. The molecule has 0 saturated carbocycles. The third-order valence-electron chi connectivity index (χ3n) is 2.54. The molecule has 1 aromatic carbocycles. The zero-order chi connectivity index (χ0) is 14.4. The number of methoxy groups -OCH3 is 1. The van der Waals surface area contributed by atoms with Gasteiger partial charge in [-0.25, -0.2) is 14.0 Å². The van der Waals surface area contributed by atoms with Crippen molar-refractivity contribution in [3.8, 4) is 0 Å². The maximum Gasteiger partial charge on any atom is 0.342 e. The molecule has 1 unspecified atom stereocenters. The highest BCUT2D eigenvalue weighted by molar-refractivity contribution is 5.89. The van der Waals surface area contributed by atoms with Crippen LogP contribution >= 0.6 is 0 Å². The first-order valence-electron chi connectivity index (χ1n) is 5.75. The van der Waals surface area contributed by atoms with Crippen molar-refractivity contribution in [2.75, 3.05) is 13.7 Å². The first kappa shape index (κ1) is 15.1. The normalized spacial score (nSPS) is 13.5. The van der Waals surface area contributed by atoms with E-state index in [1.54, 1.807) is 6.92 Å². The van der Waals surface area contributed by atoms with E-state index in [0.717, 1.165) is 0 Å². The summed E-state index contributed by atoms with van der Waals surface area (Å²) >= 11 is 0. The largest absolute Gasteiger partial charge is 0.465 e. The van der Waals surface area contributed by atoms with Crippen LogP contribution in [0.3, 0.4) is 0 Å². The maximum atomic E-state index is 13.7. The summed E-state index contributed by atoms with van der Waals surface area (Å²) in [5.74, 6) is -1.49. The van der Waals surface area contributed by atoms with Crippen LogP contribution in [0.15, 0.2) is 24.3 Å². The number of benzene rings is 1. The number of ether oxygens (including phenoxy) is 2. The fourth-order valence-electron chi connectivity index (χ4n) is 1.50. The van der Waals surface area contributed by atoms with Gasteiger partial charge >= 0.3 is 11.9 Å². The molecule has 1 rings (SSSR count). The Morgan fingerprint density at radius 3 is 2.37 bits per heavy atom. The molecular weight excluding hydrogens is 253 g/mol. The minimum absolute atomic E-state index is 0.0905. The highest BCUT2D eigenvalue weighted by atomic mass is 19.1. The summed E-state index contributed by atoms with van der Waals surface area (Å²) in [6.45, 7) is 1.68. The molecule has 0 fully saturated rings. The van der Waals surface area contributed by atoms with Gasteiger partial charge in [-0.1, -0.05) is 12.1 Å². The van der Waals surface area contributed by atoms with Gasteiger partial charge < -0.3 is 15.2 Å². The first-order chi connectivity index (χ1) is 9.01. The molecule has 0 spiro atoms. The van der Waals surface area contributed by atoms with Gasteiger partial charge in [-0.3, -0.25) is 0 Å². The molecule has 2 N–H and O–H groups in total. The fourth-order valence-corrected chi connectivity index (χ4v) is 1.50. The molecule has 0 aromatic heterocycles. The summed E-state index contributed by atoms with van der Waals surface area (Å²) in [5.41, 5.74) is 6.36.